The Hall–Kier alpha value is -2.48. The quantitative estimate of drug-likeness (QED) is 0.810. The Bertz CT molecular complexity index is 832. The molecule has 0 radical (unpaired) electrons. The first-order valence-corrected chi connectivity index (χ1v) is 9.95. The molecule has 142 valence electrons. The van der Waals surface area contributed by atoms with Gasteiger partial charge in [-0.05, 0) is 43.8 Å². The number of hydrogen-bond donors (Lipinski definition) is 0. The summed E-state index contributed by atoms with van der Waals surface area (Å²) in [6.45, 7) is 5.07. The minimum atomic E-state index is -0.261. The number of aryl methyl sites for hydroxylation is 1. The molecular weight excluding hydrogens is 364 g/mol. The molecular formula is C19H22N4O3S. The van der Waals surface area contributed by atoms with Crippen molar-refractivity contribution in [1.29, 1.82) is 0 Å². The van der Waals surface area contributed by atoms with Gasteiger partial charge in [0, 0.05) is 19.1 Å². The van der Waals surface area contributed by atoms with Gasteiger partial charge in [0.15, 0.2) is 0 Å². The van der Waals surface area contributed by atoms with Crippen molar-refractivity contribution in [3.8, 4) is 0 Å². The first kappa shape index (κ1) is 17.9. The Kier molecular flexibility index (Phi) is 4.82. The molecule has 1 aromatic heterocycles. The second kappa shape index (κ2) is 7.26. The van der Waals surface area contributed by atoms with Crippen molar-refractivity contribution in [2.45, 2.75) is 44.9 Å². The zero-order valence-electron chi connectivity index (χ0n) is 15.4. The molecule has 0 aliphatic carbocycles. The van der Waals surface area contributed by atoms with Gasteiger partial charge in [0.25, 0.3) is 5.91 Å². The normalized spacial score (nSPS) is 23.6. The summed E-state index contributed by atoms with van der Waals surface area (Å²) >= 11 is 1.14. The molecule has 8 heteroatoms. The number of amides is 2. The molecule has 2 atom stereocenters. The van der Waals surface area contributed by atoms with E-state index in [-0.39, 0.29) is 30.2 Å². The number of ether oxygens (including phenoxy) is 1. The van der Waals surface area contributed by atoms with Gasteiger partial charge >= 0.3 is 6.09 Å². The lowest BCUT2D eigenvalue weighted by Crippen LogP contribution is -2.49. The summed E-state index contributed by atoms with van der Waals surface area (Å²) in [4.78, 5) is 29.4. The molecule has 2 fully saturated rings. The Balaban J connectivity index is 1.41. The highest BCUT2D eigenvalue weighted by Crippen LogP contribution is 2.35. The maximum absolute atomic E-state index is 12.6. The van der Waals surface area contributed by atoms with E-state index in [1.54, 1.807) is 6.92 Å². The van der Waals surface area contributed by atoms with Crippen molar-refractivity contribution in [2.24, 2.45) is 0 Å². The number of hydrogen-bond acceptors (Lipinski definition) is 6. The lowest BCUT2D eigenvalue weighted by molar-refractivity contribution is 0.0644. The van der Waals surface area contributed by atoms with Crippen molar-refractivity contribution in [3.63, 3.8) is 0 Å². The first-order chi connectivity index (χ1) is 13.1. The molecule has 2 unspecified atom stereocenters. The summed E-state index contributed by atoms with van der Waals surface area (Å²) < 4.78 is 9.51. The summed E-state index contributed by atoms with van der Waals surface area (Å²) in [6, 6.07) is 9.91. The highest BCUT2D eigenvalue weighted by Gasteiger charge is 2.44. The van der Waals surface area contributed by atoms with Crippen LogP contribution in [0.1, 0.15) is 46.8 Å². The summed E-state index contributed by atoms with van der Waals surface area (Å²) in [7, 11) is 0. The van der Waals surface area contributed by atoms with Gasteiger partial charge in [-0.15, -0.1) is 5.10 Å². The molecule has 7 nitrogen and oxygen atoms in total. The van der Waals surface area contributed by atoms with E-state index in [9.17, 15) is 9.59 Å². The van der Waals surface area contributed by atoms with Crippen LogP contribution in [0.5, 0.6) is 0 Å². The van der Waals surface area contributed by atoms with Crippen LogP contribution in [-0.4, -0.2) is 56.6 Å². The Morgan fingerprint density at radius 2 is 1.93 bits per heavy atom. The molecule has 2 amide bonds. The maximum Gasteiger partial charge on any atom is 0.411 e. The zero-order chi connectivity index (χ0) is 19.0. The van der Waals surface area contributed by atoms with E-state index in [0.717, 1.165) is 29.9 Å². The third-order valence-electron chi connectivity index (χ3n) is 5.43. The van der Waals surface area contributed by atoms with Crippen LogP contribution in [0.25, 0.3) is 0 Å². The van der Waals surface area contributed by atoms with E-state index in [2.05, 4.69) is 9.59 Å². The lowest BCUT2D eigenvalue weighted by atomic mass is 9.98. The number of carbonyl (C=O) groups excluding carboxylic acids is 2. The van der Waals surface area contributed by atoms with Crippen LogP contribution in [0.2, 0.25) is 0 Å². The molecule has 4 rings (SSSR count). The molecule has 2 aliphatic rings. The first-order valence-electron chi connectivity index (χ1n) is 9.18. The van der Waals surface area contributed by atoms with E-state index in [1.165, 1.54) is 0 Å². The van der Waals surface area contributed by atoms with Crippen LogP contribution in [0.15, 0.2) is 30.3 Å². The van der Waals surface area contributed by atoms with Gasteiger partial charge in [0.2, 0.25) is 0 Å². The predicted molar refractivity (Wildman–Crippen MR) is 101 cm³/mol. The number of cyclic esters (lactones) is 1. The number of carbonyl (C=O) groups is 2. The fourth-order valence-corrected chi connectivity index (χ4v) is 4.59. The molecule has 0 spiro atoms. The molecule has 2 aromatic rings. The average molecular weight is 386 g/mol. The number of piperidine rings is 1. The van der Waals surface area contributed by atoms with Crippen molar-refractivity contribution in [3.05, 3.63) is 46.5 Å². The lowest BCUT2D eigenvalue weighted by Gasteiger charge is -2.37. The monoisotopic (exact) mass is 386 g/mol. The minimum Gasteiger partial charge on any atom is -0.439 e. The Morgan fingerprint density at radius 1 is 1.22 bits per heavy atom. The van der Waals surface area contributed by atoms with Crippen molar-refractivity contribution < 1.29 is 14.3 Å². The van der Waals surface area contributed by atoms with Crippen LogP contribution >= 0.6 is 11.5 Å². The van der Waals surface area contributed by atoms with Gasteiger partial charge in [-0.2, -0.15) is 0 Å². The molecule has 2 aliphatic heterocycles. The highest BCUT2D eigenvalue weighted by atomic mass is 32.1. The number of benzene rings is 1. The van der Waals surface area contributed by atoms with Crippen LogP contribution in [0.4, 0.5) is 4.79 Å². The smallest absolute Gasteiger partial charge is 0.411 e. The fourth-order valence-electron chi connectivity index (χ4n) is 3.97. The Morgan fingerprint density at radius 3 is 2.56 bits per heavy atom. The van der Waals surface area contributed by atoms with Gasteiger partial charge in [-0.1, -0.05) is 34.8 Å². The van der Waals surface area contributed by atoms with E-state index >= 15 is 0 Å². The molecule has 1 aromatic carbocycles. The van der Waals surface area contributed by atoms with Gasteiger partial charge < -0.3 is 9.64 Å². The number of rotatable bonds is 3. The minimum absolute atomic E-state index is 0.0137. The molecule has 0 bridgehead atoms. The third-order valence-corrected chi connectivity index (χ3v) is 6.25. The molecule has 0 saturated carbocycles. The van der Waals surface area contributed by atoms with Crippen molar-refractivity contribution >= 4 is 23.5 Å². The van der Waals surface area contributed by atoms with Gasteiger partial charge in [0.05, 0.1) is 11.7 Å². The summed E-state index contributed by atoms with van der Waals surface area (Å²) in [5.74, 6) is -0.0137. The number of aromatic nitrogens is 2. The Labute approximate surface area is 162 Å². The predicted octanol–water partition coefficient (Wildman–Crippen LogP) is 3.03. The zero-order valence-corrected chi connectivity index (χ0v) is 16.2. The molecule has 3 heterocycles. The molecule has 27 heavy (non-hydrogen) atoms. The summed E-state index contributed by atoms with van der Waals surface area (Å²) in [6.07, 6.45) is 0.989. The summed E-state index contributed by atoms with van der Waals surface area (Å²) in [5.41, 5.74) is 1.69. The van der Waals surface area contributed by atoms with Gasteiger partial charge in [-0.25, -0.2) is 4.79 Å². The second-order valence-corrected chi connectivity index (χ2v) is 7.83. The van der Waals surface area contributed by atoms with Crippen LogP contribution in [0, 0.1) is 6.92 Å². The number of nitrogens with zero attached hydrogens (tertiary/aromatic N) is 4. The SMILES string of the molecule is Cc1nnsc1C(=O)N1CCC(N2C(=O)OC(c3ccccc3)C2C)CC1. The largest absolute Gasteiger partial charge is 0.439 e. The molecule has 2 saturated heterocycles. The summed E-state index contributed by atoms with van der Waals surface area (Å²) in [5, 5.41) is 3.92. The van der Waals surface area contributed by atoms with E-state index in [4.69, 9.17) is 4.74 Å². The van der Waals surface area contributed by atoms with Crippen LogP contribution in [0.3, 0.4) is 0 Å². The van der Waals surface area contributed by atoms with Crippen LogP contribution in [-0.2, 0) is 4.74 Å². The van der Waals surface area contributed by atoms with Gasteiger partial charge in [-0.3, -0.25) is 9.69 Å². The van der Waals surface area contributed by atoms with Crippen molar-refractivity contribution in [2.75, 3.05) is 13.1 Å². The fraction of sp³-hybridized carbons (Fsp3) is 0.474. The average Bonchev–Trinajstić information content (AvgIpc) is 3.25. The second-order valence-electron chi connectivity index (χ2n) is 7.07. The highest BCUT2D eigenvalue weighted by molar-refractivity contribution is 7.07. The number of likely N-dealkylation sites (tertiary alicyclic amines) is 1. The molecule has 0 N–H and O–H groups in total. The van der Waals surface area contributed by atoms with E-state index in [1.807, 2.05) is 47.1 Å². The van der Waals surface area contributed by atoms with Gasteiger partial charge in [0.1, 0.15) is 11.0 Å². The maximum atomic E-state index is 12.6. The van der Waals surface area contributed by atoms with Crippen molar-refractivity contribution in [1.82, 2.24) is 19.4 Å². The van der Waals surface area contributed by atoms with Crippen LogP contribution < -0.4 is 0 Å². The topological polar surface area (TPSA) is 75.6 Å². The van der Waals surface area contributed by atoms with E-state index in [0.29, 0.717) is 23.7 Å². The third kappa shape index (κ3) is 3.29. The standard InChI is InChI=1S/C19H22N4O3S/c1-12-17(27-21-20-12)18(24)22-10-8-15(9-11-22)23-13(2)16(26-19(23)25)14-6-4-3-5-7-14/h3-7,13,15-16H,8-11H2,1-2H3. The van der Waals surface area contributed by atoms with E-state index < -0.39 is 0 Å².